The lowest BCUT2D eigenvalue weighted by molar-refractivity contribution is 0.0983. The van der Waals surface area contributed by atoms with E-state index in [1.165, 1.54) is 11.3 Å². The van der Waals surface area contributed by atoms with Crippen molar-refractivity contribution in [2.24, 2.45) is 0 Å². The molecule has 1 unspecified atom stereocenters. The molecule has 206 valence electrons. The van der Waals surface area contributed by atoms with Crippen LogP contribution in [-0.4, -0.2) is 73.9 Å². The van der Waals surface area contributed by atoms with Crippen LogP contribution in [0.15, 0.2) is 47.4 Å². The maximum Gasteiger partial charge on any atom is 0.260 e. The van der Waals surface area contributed by atoms with E-state index in [2.05, 4.69) is 18.7 Å². The van der Waals surface area contributed by atoms with Gasteiger partial charge in [-0.15, -0.1) is 0 Å². The molecular weight excluding hydrogens is 520 g/mol. The van der Waals surface area contributed by atoms with E-state index in [0.29, 0.717) is 36.9 Å². The van der Waals surface area contributed by atoms with Crippen molar-refractivity contribution in [1.29, 1.82) is 0 Å². The molecule has 38 heavy (non-hydrogen) atoms. The highest BCUT2D eigenvalue weighted by Crippen LogP contribution is 2.33. The van der Waals surface area contributed by atoms with Crippen LogP contribution in [0.2, 0.25) is 0 Å². The van der Waals surface area contributed by atoms with E-state index in [1.54, 1.807) is 33.5 Å². The number of amides is 1. The molecule has 0 spiro atoms. The molecule has 1 aliphatic heterocycles. The zero-order valence-electron chi connectivity index (χ0n) is 22.7. The molecule has 10 heteroatoms. The molecule has 1 amide bonds. The molecule has 2 aromatic carbocycles. The van der Waals surface area contributed by atoms with Crippen molar-refractivity contribution in [1.82, 2.24) is 14.2 Å². The normalized spacial score (nSPS) is 16.7. The van der Waals surface area contributed by atoms with Crippen molar-refractivity contribution < 1.29 is 17.9 Å². The second kappa shape index (κ2) is 12.5. The largest absolute Gasteiger partial charge is 0.494 e. The Bertz CT molecular complexity index is 1340. The van der Waals surface area contributed by atoms with Crippen LogP contribution in [0.4, 0.5) is 5.13 Å². The van der Waals surface area contributed by atoms with E-state index in [1.807, 2.05) is 32.0 Å². The molecule has 1 atom stereocenters. The average Bonchev–Trinajstić information content (AvgIpc) is 3.34. The molecule has 1 aromatic heterocycles. The molecule has 0 bridgehead atoms. The van der Waals surface area contributed by atoms with Gasteiger partial charge >= 0.3 is 0 Å². The molecule has 0 saturated carbocycles. The minimum Gasteiger partial charge on any atom is -0.494 e. The second-order valence-electron chi connectivity index (χ2n) is 9.53. The third-order valence-corrected chi connectivity index (χ3v) is 10.2. The lowest BCUT2D eigenvalue weighted by Crippen LogP contribution is -2.42. The van der Waals surface area contributed by atoms with Gasteiger partial charge in [-0.1, -0.05) is 31.6 Å². The van der Waals surface area contributed by atoms with Gasteiger partial charge in [0.05, 0.1) is 21.7 Å². The molecule has 2 heterocycles. The first kappa shape index (κ1) is 28.5. The number of likely N-dealkylation sites (N-methyl/N-ethyl adjacent to an activating group) is 1. The summed E-state index contributed by atoms with van der Waals surface area (Å²) in [6.45, 7) is 12.2. The number of rotatable bonds is 11. The summed E-state index contributed by atoms with van der Waals surface area (Å²) in [6.07, 6.45) is 2.78. The fourth-order valence-electron chi connectivity index (χ4n) is 4.82. The summed E-state index contributed by atoms with van der Waals surface area (Å²) in [6, 6.07) is 12.1. The highest BCUT2D eigenvalue weighted by Gasteiger charge is 2.31. The summed E-state index contributed by atoms with van der Waals surface area (Å²) in [5.41, 5.74) is 1.25. The molecule has 1 fully saturated rings. The van der Waals surface area contributed by atoms with Crippen molar-refractivity contribution in [2.45, 2.75) is 57.9 Å². The number of carbonyl (C=O) groups is 1. The Labute approximate surface area is 230 Å². The summed E-state index contributed by atoms with van der Waals surface area (Å²) in [5, 5.41) is 0.615. The number of nitrogens with zero attached hydrogens (tertiary/aromatic N) is 4. The maximum atomic E-state index is 13.8. The molecule has 0 N–H and O–H groups in total. The van der Waals surface area contributed by atoms with Crippen LogP contribution >= 0.6 is 11.3 Å². The minimum atomic E-state index is -3.60. The van der Waals surface area contributed by atoms with Gasteiger partial charge in [-0.05, 0) is 82.2 Å². The Hall–Kier alpha value is -2.53. The van der Waals surface area contributed by atoms with E-state index in [9.17, 15) is 13.2 Å². The van der Waals surface area contributed by atoms with Crippen molar-refractivity contribution in [3.05, 3.63) is 48.0 Å². The molecule has 1 aliphatic rings. The van der Waals surface area contributed by atoms with Crippen LogP contribution in [-0.2, 0) is 10.0 Å². The first-order valence-electron chi connectivity index (χ1n) is 13.5. The highest BCUT2D eigenvalue weighted by atomic mass is 32.2. The average molecular weight is 559 g/mol. The van der Waals surface area contributed by atoms with Gasteiger partial charge in [-0.2, -0.15) is 4.31 Å². The van der Waals surface area contributed by atoms with Crippen molar-refractivity contribution in [3.63, 3.8) is 0 Å². The molecule has 0 aliphatic carbocycles. The van der Waals surface area contributed by atoms with Crippen LogP contribution < -0.4 is 9.64 Å². The van der Waals surface area contributed by atoms with Gasteiger partial charge in [0.15, 0.2) is 5.13 Å². The van der Waals surface area contributed by atoms with E-state index >= 15 is 0 Å². The number of hydrogen-bond acceptors (Lipinski definition) is 7. The van der Waals surface area contributed by atoms with Gasteiger partial charge < -0.3 is 9.64 Å². The first-order valence-corrected chi connectivity index (χ1v) is 15.7. The molecular formula is C28H38N4O4S2. The number of anilines is 1. The SMILES string of the molecule is CCOc1ccc2nc(N(CCN(CC)CC)C(=O)c3ccc(S(=O)(=O)N4CCCCC4C)cc3)sc2c1. The number of piperidine rings is 1. The predicted octanol–water partition coefficient (Wildman–Crippen LogP) is 5.25. The third-order valence-electron chi connectivity index (χ3n) is 7.12. The molecule has 1 saturated heterocycles. The van der Waals surface area contributed by atoms with E-state index in [-0.39, 0.29) is 16.8 Å². The maximum absolute atomic E-state index is 13.8. The number of ether oxygens (including phenoxy) is 1. The van der Waals surface area contributed by atoms with Gasteiger partial charge in [0.1, 0.15) is 5.75 Å². The lowest BCUT2D eigenvalue weighted by atomic mass is 10.1. The topological polar surface area (TPSA) is 83.0 Å². The van der Waals surface area contributed by atoms with Gasteiger partial charge in [-0.3, -0.25) is 9.69 Å². The van der Waals surface area contributed by atoms with Gasteiger partial charge in [-0.25, -0.2) is 13.4 Å². The fourth-order valence-corrected chi connectivity index (χ4v) is 7.54. The smallest absolute Gasteiger partial charge is 0.260 e. The summed E-state index contributed by atoms with van der Waals surface area (Å²) in [4.78, 5) is 22.7. The number of thiazole rings is 1. The van der Waals surface area contributed by atoms with Crippen LogP contribution in [0.5, 0.6) is 5.75 Å². The fraction of sp³-hybridized carbons (Fsp3) is 0.500. The zero-order chi connectivity index (χ0) is 27.3. The summed E-state index contributed by atoms with van der Waals surface area (Å²) in [5.74, 6) is 0.576. The Morgan fingerprint density at radius 2 is 1.82 bits per heavy atom. The summed E-state index contributed by atoms with van der Waals surface area (Å²) in [7, 11) is -3.60. The number of aromatic nitrogens is 1. The molecule has 4 rings (SSSR count). The van der Waals surface area contributed by atoms with Crippen molar-refractivity contribution >= 4 is 42.6 Å². The Balaban J connectivity index is 1.62. The number of sulfonamides is 1. The first-order chi connectivity index (χ1) is 18.3. The van der Waals surface area contributed by atoms with Gasteiger partial charge in [0.25, 0.3) is 5.91 Å². The monoisotopic (exact) mass is 558 g/mol. The third kappa shape index (κ3) is 6.20. The van der Waals surface area contributed by atoms with E-state index in [0.717, 1.165) is 48.3 Å². The molecule has 0 radical (unpaired) electrons. The number of benzene rings is 2. The van der Waals surface area contributed by atoms with Crippen molar-refractivity contribution in [2.75, 3.05) is 44.2 Å². The number of hydrogen-bond donors (Lipinski definition) is 0. The summed E-state index contributed by atoms with van der Waals surface area (Å²) >= 11 is 1.45. The Morgan fingerprint density at radius 3 is 2.47 bits per heavy atom. The molecule has 3 aromatic rings. The number of fused-ring (bicyclic) bond motifs is 1. The predicted molar refractivity (Wildman–Crippen MR) is 154 cm³/mol. The van der Waals surface area contributed by atoms with E-state index in [4.69, 9.17) is 9.72 Å². The summed E-state index contributed by atoms with van der Waals surface area (Å²) < 4.78 is 34.7. The van der Waals surface area contributed by atoms with Gasteiger partial charge in [0, 0.05) is 31.2 Å². The Kier molecular flexibility index (Phi) is 9.40. The van der Waals surface area contributed by atoms with E-state index < -0.39 is 10.0 Å². The van der Waals surface area contributed by atoms with Crippen LogP contribution in [0, 0.1) is 0 Å². The van der Waals surface area contributed by atoms with Crippen LogP contribution in [0.25, 0.3) is 10.2 Å². The van der Waals surface area contributed by atoms with Crippen LogP contribution in [0.3, 0.4) is 0 Å². The van der Waals surface area contributed by atoms with Crippen LogP contribution in [0.1, 0.15) is 57.3 Å². The Morgan fingerprint density at radius 1 is 1.08 bits per heavy atom. The number of carbonyl (C=O) groups excluding carboxylic acids is 1. The molecule has 8 nitrogen and oxygen atoms in total. The zero-order valence-corrected chi connectivity index (χ0v) is 24.4. The quantitative estimate of drug-likeness (QED) is 0.320. The van der Waals surface area contributed by atoms with Crippen molar-refractivity contribution in [3.8, 4) is 5.75 Å². The minimum absolute atomic E-state index is 0.0205. The highest BCUT2D eigenvalue weighted by molar-refractivity contribution is 7.89. The standard InChI is InChI=1S/C28H38N4O4S2/c1-5-30(6-2)18-19-31(28-29-25-16-13-23(36-7-3)20-26(25)37-28)27(33)22-11-14-24(15-12-22)38(34,35)32-17-9-8-10-21(32)4/h11-16,20-21H,5-10,17-19H2,1-4H3. The van der Waals surface area contributed by atoms with Gasteiger partial charge in [0.2, 0.25) is 10.0 Å². The lowest BCUT2D eigenvalue weighted by Gasteiger charge is -2.32. The second-order valence-corrected chi connectivity index (χ2v) is 12.4.